The van der Waals surface area contributed by atoms with Gasteiger partial charge in [0.05, 0.1) is 25.2 Å². The average molecular weight is 223 g/mol. The predicted molar refractivity (Wildman–Crippen MR) is 60.5 cm³/mol. The maximum absolute atomic E-state index is 8.47. The Balaban J connectivity index is 2.86. The first kappa shape index (κ1) is 11.7. The number of ether oxygens (including phenoxy) is 2. The first-order valence-electron chi connectivity index (χ1n) is 4.54. The molecule has 15 heavy (non-hydrogen) atoms. The van der Waals surface area contributed by atoms with Gasteiger partial charge in [0.25, 0.3) is 0 Å². The summed E-state index contributed by atoms with van der Waals surface area (Å²) in [6.07, 6.45) is 0.520. The van der Waals surface area contributed by atoms with E-state index in [9.17, 15) is 0 Å². The van der Waals surface area contributed by atoms with Crippen LogP contribution in [0.5, 0.6) is 11.5 Å². The summed E-state index contributed by atoms with van der Waals surface area (Å²) in [5, 5.41) is 8.47. The Labute approximate surface area is 94.0 Å². The van der Waals surface area contributed by atoms with Gasteiger partial charge in [-0.05, 0) is 12.1 Å². The van der Waals surface area contributed by atoms with Crippen LogP contribution in [0.4, 0.5) is 0 Å². The summed E-state index contributed by atoms with van der Waals surface area (Å²) in [6.45, 7) is 0. The molecule has 0 fully saturated rings. The highest BCUT2D eigenvalue weighted by molar-refractivity contribution is 7.99. The zero-order valence-corrected chi connectivity index (χ0v) is 9.63. The van der Waals surface area contributed by atoms with Crippen LogP contribution in [-0.2, 0) is 0 Å². The van der Waals surface area contributed by atoms with E-state index in [0.29, 0.717) is 6.42 Å². The number of methoxy groups -OCH3 is 2. The highest BCUT2D eigenvalue weighted by Gasteiger charge is 2.09. The van der Waals surface area contributed by atoms with Gasteiger partial charge in [-0.2, -0.15) is 5.26 Å². The normalized spacial score (nSPS) is 9.40. The summed E-state index contributed by atoms with van der Waals surface area (Å²) in [6, 6.07) is 7.76. The standard InChI is InChI=1S/C11H13NO2S/c1-13-9-5-3-6-10(14-2)11(9)15-8-4-7-12/h3,5-6H,4,8H2,1-2H3. The van der Waals surface area contributed by atoms with Crippen LogP contribution < -0.4 is 9.47 Å². The van der Waals surface area contributed by atoms with Gasteiger partial charge in [0.2, 0.25) is 0 Å². The number of nitriles is 1. The van der Waals surface area contributed by atoms with E-state index >= 15 is 0 Å². The summed E-state index contributed by atoms with van der Waals surface area (Å²) in [5.41, 5.74) is 0. The van der Waals surface area contributed by atoms with Crippen molar-refractivity contribution in [2.75, 3.05) is 20.0 Å². The van der Waals surface area contributed by atoms with E-state index in [2.05, 4.69) is 6.07 Å². The molecule has 0 unspecified atom stereocenters. The fourth-order valence-corrected chi connectivity index (χ4v) is 2.14. The van der Waals surface area contributed by atoms with Crippen LogP contribution in [0, 0.1) is 11.3 Å². The first-order valence-corrected chi connectivity index (χ1v) is 5.52. The largest absolute Gasteiger partial charge is 0.495 e. The molecule has 0 aliphatic rings. The Bertz CT molecular complexity index is 338. The van der Waals surface area contributed by atoms with Gasteiger partial charge in [0.1, 0.15) is 11.5 Å². The molecule has 80 valence electrons. The highest BCUT2D eigenvalue weighted by Crippen LogP contribution is 2.37. The minimum atomic E-state index is 0.520. The molecule has 1 rings (SSSR count). The minimum absolute atomic E-state index is 0.520. The van der Waals surface area contributed by atoms with Gasteiger partial charge in [0, 0.05) is 12.2 Å². The number of hydrogen-bond acceptors (Lipinski definition) is 4. The lowest BCUT2D eigenvalue weighted by atomic mass is 10.3. The van der Waals surface area contributed by atoms with Crippen molar-refractivity contribution in [3.05, 3.63) is 18.2 Å². The third-order valence-corrected chi connectivity index (χ3v) is 2.94. The van der Waals surface area contributed by atoms with E-state index in [-0.39, 0.29) is 0 Å². The number of rotatable bonds is 5. The molecule has 0 bridgehead atoms. The summed E-state index contributed by atoms with van der Waals surface area (Å²) in [4.78, 5) is 0.956. The van der Waals surface area contributed by atoms with E-state index in [1.54, 1.807) is 26.0 Å². The van der Waals surface area contributed by atoms with Gasteiger partial charge in [-0.1, -0.05) is 6.07 Å². The Morgan fingerprint density at radius 2 is 1.87 bits per heavy atom. The Morgan fingerprint density at radius 3 is 2.33 bits per heavy atom. The van der Waals surface area contributed by atoms with Crippen LogP contribution in [0.3, 0.4) is 0 Å². The van der Waals surface area contributed by atoms with Gasteiger partial charge in [-0.25, -0.2) is 0 Å². The number of thioether (sulfide) groups is 1. The fraction of sp³-hybridized carbons (Fsp3) is 0.364. The van der Waals surface area contributed by atoms with Crippen molar-refractivity contribution < 1.29 is 9.47 Å². The molecule has 0 saturated carbocycles. The molecule has 0 heterocycles. The molecule has 0 aromatic heterocycles. The summed E-state index contributed by atoms with van der Waals surface area (Å²) < 4.78 is 10.5. The van der Waals surface area contributed by atoms with Crippen LogP contribution in [-0.4, -0.2) is 20.0 Å². The van der Waals surface area contributed by atoms with E-state index < -0.39 is 0 Å². The van der Waals surface area contributed by atoms with Crippen LogP contribution in [0.2, 0.25) is 0 Å². The molecular formula is C11H13NO2S. The minimum Gasteiger partial charge on any atom is -0.495 e. The average Bonchev–Trinajstić information content (AvgIpc) is 2.29. The quantitative estimate of drug-likeness (QED) is 0.568. The Kier molecular flexibility index (Phi) is 4.85. The van der Waals surface area contributed by atoms with E-state index in [1.165, 1.54) is 0 Å². The summed E-state index contributed by atoms with van der Waals surface area (Å²) in [5.74, 6) is 2.32. The van der Waals surface area contributed by atoms with E-state index in [0.717, 1.165) is 22.1 Å². The predicted octanol–water partition coefficient (Wildman–Crippen LogP) is 2.71. The third-order valence-electron chi connectivity index (χ3n) is 1.84. The van der Waals surface area contributed by atoms with Crippen LogP contribution >= 0.6 is 11.8 Å². The number of nitrogens with zero attached hydrogens (tertiary/aromatic N) is 1. The van der Waals surface area contributed by atoms with Crippen LogP contribution in [0.15, 0.2) is 23.1 Å². The second-order valence-corrected chi connectivity index (χ2v) is 3.85. The molecule has 0 atom stereocenters. The number of benzene rings is 1. The zero-order valence-electron chi connectivity index (χ0n) is 8.82. The molecule has 0 radical (unpaired) electrons. The maximum atomic E-state index is 8.47. The molecule has 1 aromatic rings. The van der Waals surface area contributed by atoms with Gasteiger partial charge in [-0.15, -0.1) is 11.8 Å². The van der Waals surface area contributed by atoms with Gasteiger partial charge in [-0.3, -0.25) is 0 Å². The van der Waals surface area contributed by atoms with E-state index in [1.807, 2.05) is 18.2 Å². The molecule has 0 spiro atoms. The topological polar surface area (TPSA) is 42.2 Å². The van der Waals surface area contributed by atoms with Crippen molar-refractivity contribution in [1.29, 1.82) is 5.26 Å². The van der Waals surface area contributed by atoms with Crippen LogP contribution in [0.25, 0.3) is 0 Å². The van der Waals surface area contributed by atoms with E-state index in [4.69, 9.17) is 14.7 Å². The molecule has 1 aromatic carbocycles. The van der Waals surface area contributed by atoms with Crippen molar-refractivity contribution >= 4 is 11.8 Å². The van der Waals surface area contributed by atoms with Crippen LogP contribution in [0.1, 0.15) is 6.42 Å². The van der Waals surface area contributed by atoms with Crippen molar-refractivity contribution in [1.82, 2.24) is 0 Å². The number of hydrogen-bond donors (Lipinski definition) is 0. The molecule has 0 saturated heterocycles. The van der Waals surface area contributed by atoms with Gasteiger partial charge >= 0.3 is 0 Å². The van der Waals surface area contributed by atoms with Crippen molar-refractivity contribution in [2.45, 2.75) is 11.3 Å². The molecule has 3 nitrogen and oxygen atoms in total. The molecular weight excluding hydrogens is 210 g/mol. The molecule has 0 aliphatic heterocycles. The maximum Gasteiger partial charge on any atom is 0.136 e. The van der Waals surface area contributed by atoms with Gasteiger partial charge in [0.15, 0.2) is 0 Å². The zero-order chi connectivity index (χ0) is 11.1. The molecule has 0 aliphatic carbocycles. The smallest absolute Gasteiger partial charge is 0.136 e. The SMILES string of the molecule is COc1cccc(OC)c1SCCC#N. The summed E-state index contributed by atoms with van der Waals surface area (Å²) in [7, 11) is 3.26. The molecule has 4 heteroatoms. The second-order valence-electron chi connectivity index (χ2n) is 2.75. The molecule has 0 N–H and O–H groups in total. The first-order chi connectivity index (χ1) is 7.33. The lowest BCUT2D eigenvalue weighted by Crippen LogP contribution is -1.92. The summed E-state index contributed by atoms with van der Waals surface area (Å²) >= 11 is 1.57. The van der Waals surface area contributed by atoms with Crippen molar-refractivity contribution in [2.24, 2.45) is 0 Å². The third kappa shape index (κ3) is 3.07. The Morgan fingerprint density at radius 1 is 1.27 bits per heavy atom. The lowest BCUT2D eigenvalue weighted by molar-refractivity contribution is 0.376. The fourth-order valence-electron chi connectivity index (χ4n) is 1.16. The molecule has 0 amide bonds. The Hall–Kier alpha value is -1.34. The van der Waals surface area contributed by atoms with Crippen molar-refractivity contribution in [3.63, 3.8) is 0 Å². The second kappa shape index (κ2) is 6.20. The van der Waals surface area contributed by atoms with Crippen molar-refractivity contribution in [3.8, 4) is 17.6 Å². The van der Waals surface area contributed by atoms with Gasteiger partial charge < -0.3 is 9.47 Å². The highest BCUT2D eigenvalue weighted by atomic mass is 32.2. The monoisotopic (exact) mass is 223 g/mol. The lowest BCUT2D eigenvalue weighted by Gasteiger charge is -2.11.